The zero-order chi connectivity index (χ0) is 11.1. The Morgan fingerprint density at radius 3 is 2.93 bits per heavy atom. The SMILES string of the molecule is CN[C@H](c1ccco1)[C@H](C)COCCO. The largest absolute Gasteiger partial charge is 0.468 e. The minimum atomic E-state index is 0.0672. The van der Waals surface area contributed by atoms with E-state index >= 15 is 0 Å². The van der Waals surface area contributed by atoms with Gasteiger partial charge in [0.25, 0.3) is 0 Å². The zero-order valence-corrected chi connectivity index (χ0v) is 9.27. The third-order valence-corrected chi connectivity index (χ3v) is 2.35. The molecule has 0 amide bonds. The van der Waals surface area contributed by atoms with Gasteiger partial charge in [-0.3, -0.25) is 0 Å². The average Bonchev–Trinajstić information content (AvgIpc) is 2.73. The number of furan rings is 1. The maximum Gasteiger partial charge on any atom is 0.121 e. The lowest BCUT2D eigenvalue weighted by Gasteiger charge is -2.21. The molecule has 4 heteroatoms. The van der Waals surface area contributed by atoms with Gasteiger partial charge < -0.3 is 19.6 Å². The van der Waals surface area contributed by atoms with E-state index in [0.29, 0.717) is 19.1 Å². The lowest BCUT2D eigenvalue weighted by Crippen LogP contribution is -2.26. The summed E-state index contributed by atoms with van der Waals surface area (Å²) in [4.78, 5) is 0. The Morgan fingerprint density at radius 1 is 1.60 bits per heavy atom. The van der Waals surface area contributed by atoms with Gasteiger partial charge in [-0.2, -0.15) is 0 Å². The predicted octanol–water partition coefficient (Wildman–Crippen LogP) is 1.19. The molecule has 1 aromatic heterocycles. The van der Waals surface area contributed by atoms with E-state index in [1.54, 1.807) is 6.26 Å². The van der Waals surface area contributed by atoms with Crippen molar-refractivity contribution in [1.29, 1.82) is 0 Å². The lowest BCUT2D eigenvalue weighted by molar-refractivity contribution is 0.0605. The lowest BCUT2D eigenvalue weighted by atomic mass is 10.0. The number of hydrogen-bond donors (Lipinski definition) is 2. The van der Waals surface area contributed by atoms with E-state index in [2.05, 4.69) is 12.2 Å². The van der Waals surface area contributed by atoms with Crippen LogP contribution in [0, 0.1) is 5.92 Å². The highest BCUT2D eigenvalue weighted by molar-refractivity contribution is 5.05. The van der Waals surface area contributed by atoms with Crippen molar-refractivity contribution in [3.05, 3.63) is 24.2 Å². The quantitative estimate of drug-likeness (QED) is 0.668. The molecule has 0 aliphatic carbocycles. The van der Waals surface area contributed by atoms with E-state index in [9.17, 15) is 0 Å². The summed E-state index contributed by atoms with van der Waals surface area (Å²) in [5.41, 5.74) is 0. The first-order valence-corrected chi connectivity index (χ1v) is 5.19. The summed E-state index contributed by atoms with van der Waals surface area (Å²) >= 11 is 0. The molecule has 1 aromatic rings. The number of hydrogen-bond acceptors (Lipinski definition) is 4. The van der Waals surface area contributed by atoms with Gasteiger partial charge in [-0.15, -0.1) is 0 Å². The molecule has 1 heterocycles. The minimum Gasteiger partial charge on any atom is -0.468 e. The van der Waals surface area contributed by atoms with Gasteiger partial charge >= 0.3 is 0 Å². The van der Waals surface area contributed by atoms with E-state index in [-0.39, 0.29) is 12.6 Å². The third kappa shape index (κ3) is 3.66. The van der Waals surface area contributed by atoms with Crippen LogP contribution in [0.5, 0.6) is 0 Å². The molecular weight excluding hydrogens is 194 g/mol. The van der Waals surface area contributed by atoms with Gasteiger partial charge in [0.05, 0.1) is 32.1 Å². The monoisotopic (exact) mass is 213 g/mol. The number of rotatable bonds is 7. The highest BCUT2D eigenvalue weighted by atomic mass is 16.5. The second-order valence-electron chi connectivity index (χ2n) is 3.56. The van der Waals surface area contributed by atoms with Crippen LogP contribution in [-0.2, 0) is 4.74 Å². The number of aliphatic hydroxyl groups is 1. The van der Waals surface area contributed by atoms with Crippen molar-refractivity contribution < 1.29 is 14.3 Å². The van der Waals surface area contributed by atoms with Gasteiger partial charge in [0.1, 0.15) is 5.76 Å². The van der Waals surface area contributed by atoms with E-state index in [0.717, 1.165) is 5.76 Å². The van der Waals surface area contributed by atoms with Crippen LogP contribution >= 0.6 is 0 Å². The first-order valence-electron chi connectivity index (χ1n) is 5.19. The second kappa shape index (κ2) is 6.61. The summed E-state index contributed by atoms with van der Waals surface area (Å²) in [6.45, 7) is 3.14. The summed E-state index contributed by atoms with van der Waals surface area (Å²) in [5, 5.41) is 11.8. The van der Waals surface area contributed by atoms with Crippen molar-refractivity contribution in [3.63, 3.8) is 0 Å². The van der Waals surface area contributed by atoms with E-state index < -0.39 is 0 Å². The zero-order valence-electron chi connectivity index (χ0n) is 9.27. The first-order chi connectivity index (χ1) is 7.29. The van der Waals surface area contributed by atoms with Crippen LogP contribution in [0.25, 0.3) is 0 Å². The van der Waals surface area contributed by atoms with E-state index in [1.165, 1.54) is 0 Å². The van der Waals surface area contributed by atoms with E-state index in [1.807, 2.05) is 19.2 Å². The molecule has 2 atom stereocenters. The first kappa shape index (κ1) is 12.2. The molecule has 0 unspecified atom stereocenters. The molecule has 0 spiro atoms. The predicted molar refractivity (Wildman–Crippen MR) is 57.6 cm³/mol. The van der Waals surface area contributed by atoms with Crippen molar-refractivity contribution in [1.82, 2.24) is 5.32 Å². The van der Waals surface area contributed by atoms with Crippen molar-refractivity contribution in [2.75, 3.05) is 26.9 Å². The van der Waals surface area contributed by atoms with Crippen LogP contribution in [0.15, 0.2) is 22.8 Å². The normalized spacial score (nSPS) is 15.1. The highest BCUT2D eigenvalue weighted by Crippen LogP contribution is 2.21. The van der Waals surface area contributed by atoms with Crippen molar-refractivity contribution >= 4 is 0 Å². The minimum absolute atomic E-state index is 0.0672. The van der Waals surface area contributed by atoms with Crippen LogP contribution in [0.3, 0.4) is 0 Å². The molecule has 0 aliphatic rings. The molecule has 4 nitrogen and oxygen atoms in total. The molecule has 0 fully saturated rings. The molecule has 0 saturated heterocycles. The van der Waals surface area contributed by atoms with E-state index in [4.69, 9.17) is 14.3 Å². The highest BCUT2D eigenvalue weighted by Gasteiger charge is 2.19. The van der Waals surface area contributed by atoms with Crippen LogP contribution in [0.1, 0.15) is 18.7 Å². The summed E-state index contributed by atoms with van der Waals surface area (Å²) in [6, 6.07) is 3.98. The smallest absolute Gasteiger partial charge is 0.121 e. The summed E-state index contributed by atoms with van der Waals surface area (Å²) in [5.74, 6) is 1.21. The Morgan fingerprint density at radius 2 is 2.40 bits per heavy atom. The Hall–Kier alpha value is -0.840. The third-order valence-electron chi connectivity index (χ3n) is 2.35. The van der Waals surface area contributed by atoms with Gasteiger partial charge in [-0.05, 0) is 19.2 Å². The Kier molecular flexibility index (Phi) is 5.39. The van der Waals surface area contributed by atoms with Crippen LogP contribution in [0.4, 0.5) is 0 Å². The molecule has 0 aromatic carbocycles. The van der Waals surface area contributed by atoms with Gasteiger partial charge in [-0.1, -0.05) is 6.92 Å². The fourth-order valence-electron chi connectivity index (χ4n) is 1.61. The maximum absolute atomic E-state index is 8.60. The van der Waals surface area contributed by atoms with Crippen molar-refractivity contribution in [2.45, 2.75) is 13.0 Å². The standard InChI is InChI=1S/C11H19NO3/c1-9(8-14-7-5-13)11(12-2)10-4-3-6-15-10/h3-4,6,9,11-13H,5,7-8H2,1-2H3/t9-,11+/m1/s1. The van der Waals surface area contributed by atoms with Crippen LogP contribution in [0.2, 0.25) is 0 Å². The molecule has 1 rings (SSSR count). The van der Waals surface area contributed by atoms with Crippen LogP contribution < -0.4 is 5.32 Å². The van der Waals surface area contributed by atoms with Gasteiger partial charge in [0.15, 0.2) is 0 Å². The Bertz CT molecular complexity index is 248. The molecule has 0 saturated carbocycles. The van der Waals surface area contributed by atoms with Crippen molar-refractivity contribution in [3.8, 4) is 0 Å². The summed E-state index contributed by atoms with van der Waals surface area (Å²) < 4.78 is 10.6. The fraction of sp³-hybridized carbons (Fsp3) is 0.636. The average molecular weight is 213 g/mol. The summed E-state index contributed by atoms with van der Waals surface area (Å²) in [6.07, 6.45) is 1.67. The second-order valence-corrected chi connectivity index (χ2v) is 3.56. The molecule has 86 valence electrons. The summed E-state index contributed by atoms with van der Waals surface area (Å²) in [7, 11) is 1.90. The maximum atomic E-state index is 8.60. The molecular formula is C11H19NO3. The van der Waals surface area contributed by atoms with Gasteiger partial charge in [-0.25, -0.2) is 0 Å². The fourth-order valence-corrected chi connectivity index (χ4v) is 1.61. The molecule has 15 heavy (non-hydrogen) atoms. The van der Waals surface area contributed by atoms with Crippen LogP contribution in [-0.4, -0.2) is 32.0 Å². The van der Waals surface area contributed by atoms with Gasteiger partial charge in [0.2, 0.25) is 0 Å². The number of nitrogens with one attached hydrogen (secondary N) is 1. The van der Waals surface area contributed by atoms with Crippen molar-refractivity contribution in [2.24, 2.45) is 5.92 Å². The topological polar surface area (TPSA) is 54.6 Å². The molecule has 0 aliphatic heterocycles. The Balaban J connectivity index is 2.44. The molecule has 0 bridgehead atoms. The molecule has 0 radical (unpaired) electrons. The molecule has 2 N–H and O–H groups in total. The number of aliphatic hydroxyl groups excluding tert-OH is 1. The Labute approximate surface area is 90.2 Å². The van der Waals surface area contributed by atoms with Gasteiger partial charge in [0, 0.05) is 5.92 Å². The number of ether oxygens (including phenoxy) is 1.